The summed E-state index contributed by atoms with van der Waals surface area (Å²) in [6.07, 6.45) is 0. The molecule has 8 heteroatoms. The lowest BCUT2D eigenvalue weighted by molar-refractivity contribution is -0.113. The van der Waals surface area contributed by atoms with Crippen LogP contribution in [0.15, 0.2) is 56.6 Å². The molecule has 0 bridgehead atoms. The molecule has 2 aromatic carbocycles. The molecule has 128 valence electrons. The second-order valence-electron chi connectivity index (χ2n) is 5.15. The number of amides is 1. The second-order valence-corrected chi connectivity index (χ2v) is 7.34. The molecule has 0 aliphatic carbocycles. The van der Waals surface area contributed by atoms with Gasteiger partial charge in [0.25, 0.3) is 5.22 Å². The van der Waals surface area contributed by atoms with Gasteiger partial charge in [0.15, 0.2) is 0 Å². The zero-order chi connectivity index (χ0) is 17.8. The van der Waals surface area contributed by atoms with Crippen molar-refractivity contribution in [2.45, 2.75) is 12.1 Å². The van der Waals surface area contributed by atoms with Crippen molar-refractivity contribution in [3.63, 3.8) is 0 Å². The van der Waals surface area contributed by atoms with Gasteiger partial charge in [-0.1, -0.05) is 41.6 Å². The van der Waals surface area contributed by atoms with Crippen molar-refractivity contribution in [1.29, 1.82) is 0 Å². The number of hydrogen-bond donors (Lipinski definition) is 1. The predicted molar refractivity (Wildman–Crippen MR) is 103 cm³/mol. The number of hydrogen-bond acceptors (Lipinski definition) is 5. The first-order chi connectivity index (χ1) is 12.0. The summed E-state index contributed by atoms with van der Waals surface area (Å²) in [5, 5.41) is 11.7. The number of nitrogens with zero attached hydrogens (tertiary/aromatic N) is 2. The zero-order valence-electron chi connectivity index (χ0n) is 13.1. The summed E-state index contributed by atoms with van der Waals surface area (Å²) in [6.45, 7) is 1.90. The molecule has 5 nitrogen and oxygen atoms in total. The fourth-order valence-corrected chi connectivity index (χ4v) is 3.20. The van der Waals surface area contributed by atoms with Crippen LogP contribution in [-0.2, 0) is 4.79 Å². The van der Waals surface area contributed by atoms with Gasteiger partial charge in [-0.05, 0) is 52.7 Å². The van der Waals surface area contributed by atoms with Gasteiger partial charge in [-0.25, -0.2) is 0 Å². The number of aromatic nitrogens is 2. The summed E-state index contributed by atoms with van der Waals surface area (Å²) in [6, 6.07) is 12.9. The monoisotopic (exact) mass is 437 g/mol. The van der Waals surface area contributed by atoms with Gasteiger partial charge in [0.1, 0.15) is 0 Å². The number of carbonyl (C=O) groups is 1. The molecular weight excluding hydrogens is 426 g/mol. The summed E-state index contributed by atoms with van der Waals surface area (Å²) in [5.41, 5.74) is 2.42. The Bertz CT molecular complexity index is 916. The molecule has 1 heterocycles. The first kappa shape index (κ1) is 18.0. The van der Waals surface area contributed by atoms with Crippen LogP contribution in [0, 0.1) is 6.92 Å². The van der Waals surface area contributed by atoms with E-state index in [1.165, 1.54) is 11.8 Å². The SMILES string of the molecule is Cc1ccc(NC(=O)CSc2nnc(-c3ccccc3Br)o2)cc1Cl. The highest BCUT2D eigenvalue weighted by Gasteiger charge is 2.13. The normalized spacial score (nSPS) is 10.7. The summed E-state index contributed by atoms with van der Waals surface area (Å²) in [5.74, 6) is 0.384. The van der Waals surface area contributed by atoms with E-state index < -0.39 is 0 Å². The van der Waals surface area contributed by atoms with Gasteiger partial charge in [0, 0.05) is 15.2 Å². The number of rotatable bonds is 5. The Hall–Kier alpha value is -1.83. The van der Waals surface area contributed by atoms with Crippen LogP contribution < -0.4 is 5.32 Å². The molecule has 0 saturated heterocycles. The highest BCUT2D eigenvalue weighted by Crippen LogP contribution is 2.29. The van der Waals surface area contributed by atoms with Crippen molar-refractivity contribution in [2.75, 3.05) is 11.1 Å². The molecule has 1 aromatic heterocycles. The van der Waals surface area contributed by atoms with E-state index in [1.54, 1.807) is 6.07 Å². The number of thioether (sulfide) groups is 1. The van der Waals surface area contributed by atoms with Crippen molar-refractivity contribution in [1.82, 2.24) is 10.2 Å². The standard InChI is InChI=1S/C17H13BrClN3O2S/c1-10-6-7-11(8-14(10)19)20-15(23)9-25-17-22-21-16(24-17)12-4-2-3-5-13(12)18/h2-8H,9H2,1H3,(H,20,23). The molecule has 1 amide bonds. The van der Waals surface area contributed by atoms with Crippen LogP contribution in [0.1, 0.15) is 5.56 Å². The van der Waals surface area contributed by atoms with Crippen LogP contribution in [0.2, 0.25) is 5.02 Å². The van der Waals surface area contributed by atoms with Crippen molar-refractivity contribution in [2.24, 2.45) is 0 Å². The Kier molecular flexibility index (Phi) is 5.78. The number of benzene rings is 2. The number of carbonyl (C=O) groups excluding carboxylic acids is 1. The summed E-state index contributed by atoms with van der Waals surface area (Å²) < 4.78 is 6.46. The van der Waals surface area contributed by atoms with Gasteiger partial charge in [0.2, 0.25) is 11.8 Å². The maximum Gasteiger partial charge on any atom is 0.277 e. The van der Waals surface area contributed by atoms with E-state index in [0.29, 0.717) is 21.8 Å². The van der Waals surface area contributed by atoms with E-state index >= 15 is 0 Å². The zero-order valence-corrected chi connectivity index (χ0v) is 16.3. The molecule has 3 rings (SSSR count). The van der Waals surface area contributed by atoms with Crippen LogP contribution in [-0.4, -0.2) is 21.9 Å². The fourth-order valence-electron chi connectivity index (χ4n) is 2.01. The number of aryl methyl sites for hydroxylation is 1. The topological polar surface area (TPSA) is 68.0 Å². The number of halogens is 2. The average Bonchev–Trinajstić information content (AvgIpc) is 3.05. The number of anilines is 1. The van der Waals surface area contributed by atoms with Crippen molar-refractivity contribution < 1.29 is 9.21 Å². The predicted octanol–water partition coefficient (Wildman–Crippen LogP) is 5.19. The van der Waals surface area contributed by atoms with E-state index in [1.807, 2.05) is 43.3 Å². The van der Waals surface area contributed by atoms with Gasteiger partial charge < -0.3 is 9.73 Å². The van der Waals surface area contributed by atoms with E-state index in [9.17, 15) is 4.79 Å². The van der Waals surface area contributed by atoms with E-state index in [4.69, 9.17) is 16.0 Å². The molecule has 3 aromatic rings. The molecule has 25 heavy (non-hydrogen) atoms. The minimum absolute atomic E-state index is 0.156. The van der Waals surface area contributed by atoms with Gasteiger partial charge in [0.05, 0.1) is 11.3 Å². The molecule has 0 fully saturated rings. The number of nitrogens with one attached hydrogen (secondary N) is 1. The Morgan fingerprint density at radius 3 is 2.84 bits per heavy atom. The summed E-state index contributed by atoms with van der Waals surface area (Å²) >= 11 is 10.7. The van der Waals surface area contributed by atoms with Crippen LogP contribution in [0.3, 0.4) is 0 Å². The lowest BCUT2D eigenvalue weighted by Gasteiger charge is -2.05. The first-order valence-corrected chi connectivity index (χ1v) is 9.46. The lowest BCUT2D eigenvalue weighted by atomic mass is 10.2. The second kappa shape index (κ2) is 8.03. The smallest absolute Gasteiger partial charge is 0.277 e. The Morgan fingerprint density at radius 2 is 2.08 bits per heavy atom. The minimum atomic E-state index is -0.175. The molecule has 0 radical (unpaired) electrons. The average molecular weight is 439 g/mol. The van der Waals surface area contributed by atoms with Gasteiger partial charge >= 0.3 is 0 Å². The molecule has 0 aliphatic rings. The third-order valence-electron chi connectivity index (χ3n) is 3.29. The Morgan fingerprint density at radius 1 is 1.28 bits per heavy atom. The summed E-state index contributed by atoms with van der Waals surface area (Å²) in [4.78, 5) is 12.0. The molecular formula is C17H13BrClN3O2S. The minimum Gasteiger partial charge on any atom is -0.411 e. The van der Waals surface area contributed by atoms with E-state index in [0.717, 1.165) is 15.6 Å². The van der Waals surface area contributed by atoms with Gasteiger partial charge in [-0.2, -0.15) is 0 Å². The molecule has 1 N–H and O–H groups in total. The first-order valence-electron chi connectivity index (χ1n) is 7.30. The van der Waals surface area contributed by atoms with Gasteiger partial charge in [-0.15, -0.1) is 10.2 Å². The molecule has 0 atom stereocenters. The third kappa shape index (κ3) is 4.62. The Balaban J connectivity index is 1.59. The third-order valence-corrected chi connectivity index (χ3v) is 5.21. The largest absolute Gasteiger partial charge is 0.411 e. The van der Waals surface area contributed by atoms with Crippen molar-refractivity contribution in [3.8, 4) is 11.5 Å². The highest BCUT2D eigenvalue weighted by atomic mass is 79.9. The van der Waals surface area contributed by atoms with Crippen LogP contribution in [0.25, 0.3) is 11.5 Å². The van der Waals surface area contributed by atoms with Crippen LogP contribution in [0.4, 0.5) is 5.69 Å². The van der Waals surface area contributed by atoms with Gasteiger partial charge in [-0.3, -0.25) is 4.79 Å². The highest BCUT2D eigenvalue weighted by molar-refractivity contribution is 9.10. The van der Waals surface area contributed by atoms with Crippen LogP contribution >= 0.6 is 39.3 Å². The van der Waals surface area contributed by atoms with E-state index in [2.05, 4.69) is 31.4 Å². The van der Waals surface area contributed by atoms with Crippen molar-refractivity contribution >= 4 is 50.9 Å². The fraction of sp³-hybridized carbons (Fsp3) is 0.118. The van der Waals surface area contributed by atoms with Crippen LogP contribution in [0.5, 0.6) is 0 Å². The lowest BCUT2D eigenvalue weighted by Crippen LogP contribution is -2.14. The molecule has 0 saturated carbocycles. The molecule has 0 unspecified atom stereocenters. The Labute approximate surface area is 162 Å². The van der Waals surface area contributed by atoms with E-state index in [-0.39, 0.29) is 11.7 Å². The van der Waals surface area contributed by atoms with Crippen molar-refractivity contribution in [3.05, 3.63) is 57.5 Å². The maximum atomic E-state index is 12.0. The molecule has 0 spiro atoms. The maximum absolute atomic E-state index is 12.0. The summed E-state index contributed by atoms with van der Waals surface area (Å²) in [7, 11) is 0. The quantitative estimate of drug-likeness (QED) is 0.555. The molecule has 0 aliphatic heterocycles.